The molecule has 2 unspecified atom stereocenters. The standard InChI is InChI=1S/C24H30O4S/c1-28-24(27)8-6-4-2-3-5-7-20-21-14-13-19(26)15-23(21)29-16-22(20)17-9-11-18(25)12-10-17/h9-15,20,22,25-26H,2-8,16H2,1H3. The number of unbranched alkanes of at least 4 members (excludes halogenated alkanes) is 4. The molecule has 0 saturated carbocycles. The van der Waals surface area contributed by atoms with Gasteiger partial charge in [0.05, 0.1) is 7.11 Å². The number of ether oxygens (including phenoxy) is 1. The highest BCUT2D eigenvalue weighted by molar-refractivity contribution is 7.99. The van der Waals surface area contributed by atoms with Gasteiger partial charge >= 0.3 is 5.97 Å². The van der Waals surface area contributed by atoms with Gasteiger partial charge in [-0.15, -0.1) is 11.8 Å². The summed E-state index contributed by atoms with van der Waals surface area (Å²) in [5, 5.41) is 19.5. The van der Waals surface area contributed by atoms with E-state index in [9.17, 15) is 15.0 Å². The van der Waals surface area contributed by atoms with E-state index in [0.717, 1.165) is 44.3 Å². The van der Waals surface area contributed by atoms with Gasteiger partial charge in [0.25, 0.3) is 0 Å². The van der Waals surface area contributed by atoms with Crippen LogP contribution in [-0.2, 0) is 9.53 Å². The molecule has 0 saturated heterocycles. The molecule has 1 heterocycles. The number of methoxy groups -OCH3 is 1. The zero-order valence-electron chi connectivity index (χ0n) is 17.0. The summed E-state index contributed by atoms with van der Waals surface area (Å²) in [4.78, 5) is 12.4. The van der Waals surface area contributed by atoms with Crippen LogP contribution in [0.2, 0.25) is 0 Å². The summed E-state index contributed by atoms with van der Waals surface area (Å²) in [7, 11) is 1.44. The number of carbonyl (C=O) groups excluding carboxylic acids is 1. The first kappa shape index (κ1) is 21.6. The zero-order chi connectivity index (χ0) is 20.6. The molecule has 0 fully saturated rings. The van der Waals surface area contributed by atoms with E-state index in [2.05, 4.69) is 10.8 Å². The first-order chi connectivity index (χ1) is 14.1. The second kappa shape index (κ2) is 10.6. The summed E-state index contributed by atoms with van der Waals surface area (Å²) in [5.74, 6) is 2.28. The number of aromatic hydroxyl groups is 2. The Kier molecular flexibility index (Phi) is 7.87. The van der Waals surface area contributed by atoms with E-state index in [4.69, 9.17) is 0 Å². The fraction of sp³-hybridized carbons (Fsp3) is 0.458. The normalized spacial score (nSPS) is 18.2. The molecule has 2 atom stereocenters. The molecule has 5 heteroatoms. The van der Waals surface area contributed by atoms with E-state index >= 15 is 0 Å². The summed E-state index contributed by atoms with van der Waals surface area (Å²) in [6.07, 6.45) is 6.98. The molecule has 156 valence electrons. The van der Waals surface area contributed by atoms with Gasteiger partial charge in [0.15, 0.2) is 0 Å². The lowest BCUT2D eigenvalue weighted by atomic mass is 9.79. The van der Waals surface area contributed by atoms with Gasteiger partial charge in [0.1, 0.15) is 11.5 Å². The molecule has 0 aliphatic carbocycles. The SMILES string of the molecule is COC(=O)CCCCCCCC1c2ccc(O)cc2SCC1c1ccc(O)cc1. The quantitative estimate of drug-likeness (QED) is 0.391. The topological polar surface area (TPSA) is 66.8 Å². The molecular formula is C24H30O4S. The first-order valence-electron chi connectivity index (χ1n) is 10.4. The third-order valence-corrected chi connectivity index (χ3v) is 6.94. The Morgan fingerprint density at radius 1 is 1.00 bits per heavy atom. The van der Waals surface area contributed by atoms with Crippen LogP contribution < -0.4 is 0 Å². The van der Waals surface area contributed by atoms with Gasteiger partial charge in [-0.3, -0.25) is 4.79 Å². The highest BCUT2D eigenvalue weighted by Crippen LogP contribution is 2.49. The Hall–Kier alpha value is -2.14. The molecule has 1 aliphatic heterocycles. The highest BCUT2D eigenvalue weighted by atomic mass is 32.2. The van der Waals surface area contributed by atoms with Crippen LogP contribution in [0.1, 0.15) is 67.9 Å². The van der Waals surface area contributed by atoms with E-state index in [1.807, 2.05) is 18.2 Å². The molecule has 0 radical (unpaired) electrons. The van der Waals surface area contributed by atoms with E-state index in [1.54, 1.807) is 30.0 Å². The number of esters is 1. The molecule has 0 amide bonds. The molecule has 0 bridgehead atoms. The maximum atomic E-state index is 11.2. The predicted molar refractivity (Wildman–Crippen MR) is 117 cm³/mol. The largest absolute Gasteiger partial charge is 0.508 e. The zero-order valence-corrected chi connectivity index (χ0v) is 17.8. The maximum absolute atomic E-state index is 11.2. The number of benzene rings is 2. The predicted octanol–water partition coefficient (Wildman–Crippen LogP) is 5.97. The van der Waals surface area contributed by atoms with E-state index in [-0.39, 0.29) is 5.97 Å². The Balaban J connectivity index is 1.62. The van der Waals surface area contributed by atoms with Gasteiger partial charge in [-0.25, -0.2) is 0 Å². The third kappa shape index (κ3) is 5.92. The Morgan fingerprint density at radius 3 is 2.45 bits per heavy atom. The van der Waals surface area contributed by atoms with Crippen LogP contribution in [0.25, 0.3) is 0 Å². The number of fused-ring (bicyclic) bond motifs is 1. The molecule has 0 spiro atoms. The summed E-state index contributed by atoms with van der Waals surface area (Å²) >= 11 is 1.80. The number of phenols is 2. The van der Waals surface area contributed by atoms with Crippen molar-refractivity contribution in [3.8, 4) is 11.5 Å². The molecule has 4 nitrogen and oxygen atoms in total. The molecule has 3 rings (SSSR count). The first-order valence-corrected chi connectivity index (χ1v) is 11.4. The minimum Gasteiger partial charge on any atom is -0.508 e. The van der Waals surface area contributed by atoms with Crippen LogP contribution >= 0.6 is 11.8 Å². The average Bonchev–Trinajstić information content (AvgIpc) is 2.73. The molecule has 29 heavy (non-hydrogen) atoms. The maximum Gasteiger partial charge on any atom is 0.305 e. The van der Waals surface area contributed by atoms with E-state index < -0.39 is 0 Å². The minimum atomic E-state index is -0.124. The molecule has 1 aliphatic rings. The lowest BCUT2D eigenvalue weighted by molar-refractivity contribution is -0.140. The number of hydrogen-bond acceptors (Lipinski definition) is 5. The number of phenolic OH excluding ortho intramolecular Hbond substituents is 2. The van der Waals surface area contributed by atoms with Crippen molar-refractivity contribution in [3.05, 3.63) is 53.6 Å². The van der Waals surface area contributed by atoms with Crippen LogP contribution in [0.4, 0.5) is 0 Å². The summed E-state index contributed by atoms with van der Waals surface area (Å²) in [6, 6.07) is 13.4. The van der Waals surface area contributed by atoms with Crippen molar-refractivity contribution in [2.24, 2.45) is 0 Å². The van der Waals surface area contributed by atoms with Crippen LogP contribution in [0.5, 0.6) is 11.5 Å². The fourth-order valence-electron chi connectivity index (χ4n) is 4.14. The Morgan fingerprint density at radius 2 is 1.69 bits per heavy atom. The van der Waals surface area contributed by atoms with Gasteiger partial charge in [-0.2, -0.15) is 0 Å². The van der Waals surface area contributed by atoms with Gasteiger partial charge in [0.2, 0.25) is 0 Å². The van der Waals surface area contributed by atoms with Crippen molar-refractivity contribution in [1.29, 1.82) is 0 Å². The molecule has 0 aromatic heterocycles. The van der Waals surface area contributed by atoms with Crippen LogP contribution in [-0.4, -0.2) is 29.0 Å². The highest BCUT2D eigenvalue weighted by Gasteiger charge is 2.31. The average molecular weight is 415 g/mol. The second-order valence-electron chi connectivity index (χ2n) is 7.72. The van der Waals surface area contributed by atoms with Gasteiger partial charge in [-0.05, 0) is 54.2 Å². The van der Waals surface area contributed by atoms with E-state index in [0.29, 0.717) is 29.8 Å². The lowest BCUT2D eigenvalue weighted by Crippen LogP contribution is -2.19. The third-order valence-electron chi connectivity index (χ3n) is 5.75. The summed E-state index contributed by atoms with van der Waals surface area (Å²) < 4.78 is 4.69. The van der Waals surface area contributed by atoms with Gasteiger partial charge < -0.3 is 14.9 Å². The molecular weight excluding hydrogens is 384 g/mol. The number of thioether (sulfide) groups is 1. The Labute approximate surface area is 177 Å². The van der Waals surface area contributed by atoms with Crippen molar-refractivity contribution in [1.82, 2.24) is 0 Å². The van der Waals surface area contributed by atoms with Crippen molar-refractivity contribution in [3.63, 3.8) is 0 Å². The molecule has 2 aromatic carbocycles. The monoisotopic (exact) mass is 414 g/mol. The van der Waals surface area contributed by atoms with E-state index in [1.165, 1.54) is 23.1 Å². The van der Waals surface area contributed by atoms with Crippen LogP contribution in [0.3, 0.4) is 0 Å². The van der Waals surface area contributed by atoms with Crippen molar-refractivity contribution >= 4 is 17.7 Å². The number of carbonyl (C=O) groups is 1. The van der Waals surface area contributed by atoms with Gasteiger partial charge in [0, 0.05) is 23.0 Å². The number of rotatable bonds is 9. The molecule has 2 N–H and O–H groups in total. The summed E-state index contributed by atoms with van der Waals surface area (Å²) in [5.41, 5.74) is 2.58. The molecule has 2 aromatic rings. The van der Waals surface area contributed by atoms with Crippen molar-refractivity contribution in [2.75, 3.05) is 12.9 Å². The Bertz CT molecular complexity index is 803. The van der Waals surface area contributed by atoms with Crippen molar-refractivity contribution in [2.45, 2.75) is 61.7 Å². The van der Waals surface area contributed by atoms with Crippen LogP contribution in [0.15, 0.2) is 47.4 Å². The van der Waals surface area contributed by atoms with Gasteiger partial charge in [-0.1, -0.05) is 43.9 Å². The number of hydrogen-bond donors (Lipinski definition) is 2. The second-order valence-corrected chi connectivity index (χ2v) is 8.78. The minimum absolute atomic E-state index is 0.124. The smallest absolute Gasteiger partial charge is 0.305 e. The summed E-state index contributed by atoms with van der Waals surface area (Å²) in [6.45, 7) is 0. The fourth-order valence-corrected chi connectivity index (χ4v) is 5.51. The lowest BCUT2D eigenvalue weighted by Gasteiger charge is -2.34. The van der Waals surface area contributed by atoms with Crippen molar-refractivity contribution < 1.29 is 19.7 Å². The van der Waals surface area contributed by atoms with Crippen LogP contribution in [0, 0.1) is 0 Å².